The first-order valence-electron chi connectivity index (χ1n) is 14.4. The smallest absolute Gasteiger partial charge is 0.225 e. The van der Waals surface area contributed by atoms with Crippen LogP contribution >= 0.6 is 0 Å². The summed E-state index contributed by atoms with van der Waals surface area (Å²) in [6.07, 6.45) is 8.63. The molecule has 0 spiro atoms. The molecule has 0 aliphatic heterocycles. The number of carbonyl (C=O) groups is 1. The number of aryl methyl sites for hydroxylation is 1. The van der Waals surface area contributed by atoms with Crippen LogP contribution in [0.4, 0.5) is 11.8 Å². The van der Waals surface area contributed by atoms with E-state index in [1.165, 1.54) is 24.1 Å². The third-order valence-electron chi connectivity index (χ3n) is 7.84. The number of benzene rings is 2. The Morgan fingerprint density at radius 1 is 0.925 bits per heavy atom. The van der Waals surface area contributed by atoms with Gasteiger partial charge in [-0.3, -0.25) is 4.79 Å². The van der Waals surface area contributed by atoms with Gasteiger partial charge in [0.25, 0.3) is 0 Å². The molecule has 1 saturated carbocycles. The zero-order valence-electron chi connectivity index (χ0n) is 23.9. The van der Waals surface area contributed by atoms with E-state index in [-0.39, 0.29) is 11.9 Å². The van der Waals surface area contributed by atoms with Gasteiger partial charge in [0.15, 0.2) is 11.5 Å². The number of nitrogens with one attached hydrogen (secondary N) is 2. The summed E-state index contributed by atoms with van der Waals surface area (Å²) in [5.41, 5.74) is 4.49. The number of fused-ring (bicyclic) bond motifs is 1. The lowest BCUT2D eigenvalue weighted by Crippen LogP contribution is -2.41. The molecular formula is C32H41N5O3. The Morgan fingerprint density at radius 3 is 2.42 bits per heavy atom. The number of ether oxygens (including phenoxy) is 2. The normalized spacial score (nSPS) is 18.4. The van der Waals surface area contributed by atoms with E-state index in [1.54, 1.807) is 7.11 Å². The highest BCUT2D eigenvalue weighted by Crippen LogP contribution is 2.31. The average molecular weight is 544 g/mol. The van der Waals surface area contributed by atoms with Gasteiger partial charge in [-0.25, -0.2) is 4.98 Å². The van der Waals surface area contributed by atoms with Crippen molar-refractivity contribution < 1.29 is 14.3 Å². The molecule has 2 aliphatic rings. The summed E-state index contributed by atoms with van der Waals surface area (Å²) in [4.78, 5) is 24.7. The van der Waals surface area contributed by atoms with Crippen LogP contribution in [0.2, 0.25) is 0 Å². The van der Waals surface area contributed by atoms with Gasteiger partial charge in [-0.2, -0.15) is 4.98 Å². The maximum atomic E-state index is 12.9. The van der Waals surface area contributed by atoms with E-state index in [4.69, 9.17) is 19.4 Å². The Labute approximate surface area is 237 Å². The molecule has 3 aromatic rings. The van der Waals surface area contributed by atoms with Crippen molar-refractivity contribution in [2.45, 2.75) is 76.5 Å². The molecule has 5 rings (SSSR count). The second kappa shape index (κ2) is 13.0. The predicted molar refractivity (Wildman–Crippen MR) is 158 cm³/mol. The molecule has 1 heterocycles. The molecule has 1 aromatic heterocycles. The van der Waals surface area contributed by atoms with E-state index in [2.05, 4.69) is 29.6 Å². The van der Waals surface area contributed by atoms with E-state index in [9.17, 15) is 4.79 Å². The van der Waals surface area contributed by atoms with Crippen molar-refractivity contribution in [3.8, 4) is 11.5 Å². The van der Waals surface area contributed by atoms with Crippen molar-refractivity contribution in [2.75, 3.05) is 31.4 Å². The maximum Gasteiger partial charge on any atom is 0.225 e. The fourth-order valence-electron chi connectivity index (χ4n) is 5.71. The fourth-order valence-corrected chi connectivity index (χ4v) is 5.71. The number of methoxy groups -OCH3 is 1. The molecule has 2 N–H and O–H groups in total. The number of anilines is 2. The summed E-state index contributed by atoms with van der Waals surface area (Å²) in [6, 6.07) is 16.2. The van der Waals surface area contributed by atoms with Crippen molar-refractivity contribution in [2.24, 2.45) is 0 Å². The highest BCUT2D eigenvalue weighted by molar-refractivity contribution is 5.79. The van der Waals surface area contributed by atoms with E-state index in [1.807, 2.05) is 48.5 Å². The van der Waals surface area contributed by atoms with Crippen LogP contribution in [-0.2, 0) is 30.7 Å². The van der Waals surface area contributed by atoms with Gasteiger partial charge in [0, 0.05) is 31.7 Å². The van der Waals surface area contributed by atoms with Crippen LogP contribution in [0.5, 0.6) is 11.5 Å². The lowest BCUT2D eigenvalue weighted by atomic mass is 9.91. The van der Waals surface area contributed by atoms with Crippen molar-refractivity contribution in [3.63, 3.8) is 0 Å². The van der Waals surface area contributed by atoms with E-state index >= 15 is 0 Å². The standard InChI is InChI=1S/C32H41N5O3/c1-37(2)31-26-11-7-8-12-27(26)35-32(36-31)34-25-16-14-24(15-17-25)33-30(38)20-23-13-18-28(29(19-23)39-3)40-21-22-9-5-4-6-10-22/h4-6,9-10,13,18-19,24-25H,7-8,11-12,14-17,20-21H2,1-3H3,(H,33,38)(H,34,35,36)/t24-,25+. The van der Waals surface area contributed by atoms with Crippen molar-refractivity contribution in [1.29, 1.82) is 0 Å². The number of nitrogens with zero attached hydrogens (tertiary/aromatic N) is 3. The molecule has 8 nitrogen and oxygen atoms in total. The van der Waals surface area contributed by atoms with Gasteiger partial charge in [0.2, 0.25) is 11.9 Å². The minimum absolute atomic E-state index is 0.0325. The average Bonchev–Trinajstić information content (AvgIpc) is 2.97. The summed E-state index contributed by atoms with van der Waals surface area (Å²) in [5, 5.41) is 6.83. The highest BCUT2D eigenvalue weighted by atomic mass is 16.5. The SMILES string of the molecule is COc1cc(CC(=O)N[C@H]2CC[C@@H](Nc3nc4c(c(N(C)C)n3)CCCC4)CC2)ccc1OCc1ccccc1. The quantitative estimate of drug-likeness (QED) is 0.368. The molecule has 212 valence electrons. The van der Waals surface area contributed by atoms with Gasteiger partial charge >= 0.3 is 0 Å². The van der Waals surface area contributed by atoms with Crippen LogP contribution in [0.1, 0.15) is 60.9 Å². The van der Waals surface area contributed by atoms with Crippen LogP contribution < -0.4 is 25.0 Å². The van der Waals surface area contributed by atoms with E-state index < -0.39 is 0 Å². The first-order valence-corrected chi connectivity index (χ1v) is 14.4. The zero-order valence-corrected chi connectivity index (χ0v) is 23.9. The number of hydrogen-bond donors (Lipinski definition) is 2. The minimum Gasteiger partial charge on any atom is -0.493 e. The minimum atomic E-state index is 0.0325. The number of aromatic nitrogens is 2. The lowest BCUT2D eigenvalue weighted by molar-refractivity contribution is -0.121. The number of hydrogen-bond acceptors (Lipinski definition) is 7. The van der Waals surface area contributed by atoms with Crippen LogP contribution in [-0.4, -0.2) is 49.2 Å². The maximum absolute atomic E-state index is 12.9. The second-order valence-electron chi connectivity index (χ2n) is 11.1. The number of rotatable bonds is 10. The topological polar surface area (TPSA) is 88.6 Å². The lowest BCUT2D eigenvalue weighted by Gasteiger charge is -2.30. The second-order valence-corrected chi connectivity index (χ2v) is 11.1. The van der Waals surface area contributed by atoms with Crippen molar-refractivity contribution in [1.82, 2.24) is 15.3 Å². The molecule has 0 unspecified atom stereocenters. The molecule has 0 atom stereocenters. The van der Waals surface area contributed by atoms with Crippen LogP contribution in [0, 0.1) is 0 Å². The van der Waals surface area contributed by atoms with Crippen molar-refractivity contribution >= 4 is 17.7 Å². The molecule has 40 heavy (non-hydrogen) atoms. The van der Waals surface area contributed by atoms with Gasteiger partial charge in [0.05, 0.1) is 19.2 Å². The van der Waals surface area contributed by atoms with E-state index in [0.29, 0.717) is 30.6 Å². The van der Waals surface area contributed by atoms with Crippen LogP contribution in [0.15, 0.2) is 48.5 Å². The highest BCUT2D eigenvalue weighted by Gasteiger charge is 2.25. The summed E-state index contributed by atoms with van der Waals surface area (Å²) >= 11 is 0. The van der Waals surface area contributed by atoms with Gasteiger partial charge in [-0.05, 0) is 74.6 Å². The Hall–Kier alpha value is -3.81. The number of carbonyl (C=O) groups excluding carboxylic acids is 1. The Morgan fingerprint density at radius 2 is 1.68 bits per heavy atom. The molecule has 1 amide bonds. The molecule has 0 saturated heterocycles. The van der Waals surface area contributed by atoms with Gasteiger partial charge in [-0.15, -0.1) is 0 Å². The summed E-state index contributed by atoms with van der Waals surface area (Å²) in [6.45, 7) is 0.462. The summed E-state index contributed by atoms with van der Waals surface area (Å²) in [7, 11) is 5.73. The van der Waals surface area contributed by atoms with E-state index in [0.717, 1.165) is 61.4 Å². The molecule has 0 bridgehead atoms. The molecular weight excluding hydrogens is 502 g/mol. The molecule has 0 radical (unpaired) electrons. The molecule has 2 aromatic carbocycles. The Bertz CT molecular complexity index is 1290. The monoisotopic (exact) mass is 543 g/mol. The largest absolute Gasteiger partial charge is 0.493 e. The van der Waals surface area contributed by atoms with Crippen LogP contribution in [0.3, 0.4) is 0 Å². The first kappa shape index (κ1) is 27.7. The third kappa shape index (κ3) is 7.03. The zero-order chi connectivity index (χ0) is 27.9. The summed E-state index contributed by atoms with van der Waals surface area (Å²) in [5.74, 6) is 3.11. The predicted octanol–water partition coefficient (Wildman–Crippen LogP) is 5.09. The molecule has 2 aliphatic carbocycles. The summed E-state index contributed by atoms with van der Waals surface area (Å²) < 4.78 is 11.5. The van der Waals surface area contributed by atoms with Gasteiger partial charge in [0.1, 0.15) is 12.4 Å². The number of amides is 1. The van der Waals surface area contributed by atoms with Gasteiger partial charge in [-0.1, -0.05) is 36.4 Å². The Kier molecular flexibility index (Phi) is 9.04. The first-order chi connectivity index (χ1) is 19.5. The fraction of sp³-hybridized carbons (Fsp3) is 0.469. The van der Waals surface area contributed by atoms with Crippen molar-refractivity contribution in [3.05, 3.63) is 70.9 Å². The third-order valence-corrected chi connectivity index (χ3v) is 7.84. The van der Waals surface area contributed by atoms with Crippen LogP contribution in [0.25, 0.3) is 0 Å². The Balaban J connectivity index is 1.10. The van der Waals surface area contributed by atoms with Gasteiger partial charge < -0.3 is 25.0 Å². The molecule has 1 fully saturated rings. The molecule has 8 heteroatoms.